The molecule has 0 saturated carbocycles. The number of thiazole rings is 1. The highest BCUT2D eigenvalue weighted by atomic mass is 32.1. The number of aromatic nitrogens is 1. The molecule has 2 amide bonds. The van der Waals surface area contributed by atoms with Crippen molar-refractivity contribution >= 4 is 34.0 Å². The van der Waals surface area contributed by atoms with Crippen molar-refractivity contribution in [1.82, 2.24) is 10.4 Å². The van der Waals surface area contributed by atoms with E-state index in [-0.39, 0.29) is 11.8 Å². The van der Waals surface area contributed by atoms with Crippen LogP contribution in [0.15, 0.2) is 23.6 Å². The van der Waals surface area contributed by atoms with Gasteiger partial charge in [0.2, 0.25) is 16.9 Å². The minimum Gasteiger partial charge on any atom is -0.326 e. The average molecular weight is 302 g/mol. The van der Waals surface area contributed by atoms with E-state index in [9.17, 15) is 9.59 Å². The van der Waals surface area contributed by atoms with Crippen LogP contribution in [0, 0.1) is 0 Å². The Labute approximate surface area is 125 Å². The number of hydrazine groups is 1. The van der Waals surface area contributed by atoms with Gasteiger partial charge in [0, 0.05) is 30.0 Å². The number of hydrogen-bond acceptors (Lipinski definition) is 5. The van der Waals surface area contributed by atoms with E-state index in [0.29, 0.717) is 11.6 Å². The fourth-order valence-electron chi connectivity index (χ4n) is 2.15. The Morgan fingerprint density at radius 2 is 2.24 bits per heavy atom. The molecule has 0 bridgehead atoms. The molecule has 3 N–H and O–H groups in total. The van der Waals surface area contributed by atoms with Gasteiger partial charge in [0.25, 0.3) is 0 Å². The Balaban J connectivity index is 1.81. The number of benzene rings is 1. The summed E-state index contributed by atoms with van der Waals surface area (Å²) in [6, 6.07) is 5.88. The minimum absolute atomic E-state index is 0.0608. The van der Waals surface area contributed by atoms with Gasteiger partial charge in [-0.1, -0.05) is 6.07 Å². The quantitative estimate of drug-likeness (QED) is 0.759. The van der Waals surface area contributed by atoms with Gasteiger partial charge in [0.1, 0.15) is 0 Å². The summed E-state index contributed by atoms with van der Waals surface area (Å²) in [5, 5.41) is 5.41. The number of aryl methyl sites for hydroxylation is 1. The van der Waals surface area contributed by atoms with Crippen LogP contribution in [0.5, 0.6) is 0 Å². The SMILES string of the molecule is CC(=O)NNc1nc(-c2ccc3c(c2)CCC(=O)N3)cs1. The molecular weight excluding hydrogens is 288 g/mol. The highest BCUT2D eigenvalue weighted by Crippen LogP contribution is 2.30. The van der Waals surface area contributed by atoms with E-state index in [1.807, 2.05) is 23.6 Å². The number of rotatable bonds is 3. The molecule has 0 fully saturated rings. The summed E-state index contributed by atoms with van der Waals surface area (Å²) in [4.78, 5) is 26.6. The normalized spacial score (nSPS) is 13.3. The molecule has 0 spiro atoms. The number of carbonyl (C=O) groups is 2. The lowest BCUT2D eigenvalue weighted by Crippen LogP contribution is -2.26. The lowest BCUT2D eigenvalue weighted by Gasteiger charge is -2.17. The monoisotopic (exact) mass is 302 g/mol. The van der Waals surface area contributed by atoms with E-state index >= 15 is 0 Å². The Kier molecular flexibility index (Phi) is 3.57. The van der Waals surface area contributed by atoms with Crippen molar-refractivity contribution in [2.24, 2.45) is 0 Å². The molecule has 6 nitrogen and oxygen atoms in total. The van der Waals surface area contributed by atoms with Crippen LogP contribution in [0.4, 0.5) is 10.8 Å². The summed E-state index contributed by atoms with van der Waals surface area (Å²) in [6.45, 7) is 1.43. The van der Waals surface area contributed by atoms with Crippen LogP contribution in [0.1, 0.15) is 18.9 Å². The first-order valence-electron chi connectivity index (χ1n) is 6.53. The zero-order valence-electron chi connectivity index (χ0n) is 11.4. The summed E-state index contributed by atoms with van der Waals surface area (Å²) >= 11 is 1.42. The molecule has 108 valence electrons. The van der Waals surface area contributed by atoms with E-state index in [2.05, 4.69) is 21.2 Å². The van der Waals surface area contributed by atoms with Crippen molar-refractivity contribution < 1.29 is 9.59 Å². The van der Waals surface area contributed by atoms with Crippen molar-refractivity contribution in [2.75, 3.05) is 10.7 Å². The third-order valence-electron chi connectivity index (χ3n) is 3.15. The fourth-order valence-corrected chi connectivity index (χ4v) is 2.82. The summed E-state index contributed by atoms with van der Waals surface area (Å²) in [5.41, 5.74) is 9.08. The van der Waals surface area contributed by atoms with Gasteiger partial charge in [-0.15, -0.1) is 11.3 Å². The molecule has 0 saturated heterocycles. The van der Waals surface area contributed by atoms with Crippen LogP contribution >= 0.6 is 11.3 Å². The second-order valence-corrected chi connectivity index (χ2v) is 5.62. The molecule has 0 aliphatic carbocycles. The predicted octanol–water partition coefficient (Wildman–Crippen LogP) is 2.16. The Bertz CT molecular complexity index is 711. The highest BCUT2D eigenvalue weighted by Gasteiger charge is 2.15. The van der Waals surface area contributed by atoms with Gasteiger partial charge in [-0.3, -0.25) is 20.4 Å². The molecule has 7 heteroatoms. The fraction of sp³-hybridized carbons (Fsp3) is 0.214. The number of fused-ring (bicyclic) bond motifs is 1. The molecule has 1 aromatic carbocycles. The maximum atomic E-state index is 11.3. The van der Waals surface area contributed by atoms with Crippen LogP contribution in [-0.2, 0) is 16.0 Å². The van der Waals surface area contributed by atoms with E-state index < -0.39 is 0 Å². The summed E-state index contributed by atoms with van der Waals surface area (Å²) < 4.78 is 0. The van der Waals surface area contributed by atoms with Crippen LogP contribution in [0.25, 0.3) is 11.3 Å². The number of carbonyl (C=O) groups excluding carboxylic acids is 2. The molecule has 1 aliphatic rings. The molecule has 0 unspecified atom stereocenters. The lowest BCUT2D eigenvalue weighted by atomic mass is 9.99. The largest absolute Gasteiger partial charge is 0.326 e. The first-order chi connectivity index (χ1) is 10.1. The number of hydrogen-bond donors (Lipinski definition) is 3. The van der Waals surface area contributed by atoms with Crippen molar-refractivity contribution in [3.8, 4) is 11.3 Å². The van der Waals surface area contributed by atoms with E-state index in [0.717, 1.165) is 28.9 Å². The standard InChI is InChI=1S/C14H14N4O2S/c1-8(19)17-18-14-16-12(7-21-14)10-2-4-11-9(6-10)3-5-13(20)15-11/h2,4,6-7H,3,5H2,1H3,(H,15,20)(H,16,18)(H,17,19). The molecule has 1 aliphatic heterocycles. The van der Waals surface area contributed by atoms with Crippen LogP contribution in [0.2, 0.25) is 0 Å². The third-order valence-corrected chi connectivity index (χ3v) is 3.90. The second kappa shape index (κ2) is 5.53. The van der Waals surface area contributed by atoms with Gasteiger partial charge in [-0.05, 0) is 24.1 Å². The van der Waals surface area contributed by atoms with Crippen LogP contribution in [0.3, 0.4) is 0 Å². The highest BCUT2D eigenvalue weighted by molar-refractivity contribution is 7.14. The number of nitrogens with zero attached hydrogens (tertiary/aromatic N) is 1. The molecule has 0 atom stereocenters. The van der Waals surface area contributed by atoms with Gasteiger partial charge in [-0.2, -0.15) is 0 Å². The maximum Gasteiger partial charge on any atom is 0.235 e. The number of amides is 2. The summed E-state index contributed by atoms with van der Waals surface area (Å²) in [5.74, 6) is -0.109. The molecular formula is C14H14N4O2S. The van der Waals surface area contributed by atoms with Gasteiger partial charge >= 0.3 is 0 Å². The maximum absolute atomic E-state index is 11.3. The Morgan fingerprint density at radius 3 is 3.05 bits per heavy atom. The van der Waals surface area contributed by atoms with Crippen molar-refractivity contribution in [1.29, 1.82) is 0 Å². The Morgan fingerprint density at radius 1 is 1.38 bits per heavy atom. The van der Waals surface area contributed by atoms with E-state index in [4.69, 9.17) is 0 Å². The topological polar surface area (TPSA) is 83.1 Å². The lowest BCUT2D eigenvalue weighted by molar-refractivity contribution is -0.118. The average Bonchev–Trinajstić information content (AvgIpc) is 2.93. The molecule has 1 aromatic heterocycles. The van der Waals surface area contributed by atoms with Gasteiger partial charge in [0.15, 0.2) is 0 Å². The van der Waals surface area contributed by atoms with Crippen molar-refractivity contribution in [3.63, 3.8) is 0 Å². The third kappa shape index (κ3) is 3.03. The predicted molar refractivity (Wildman–Crippen MR) is 81.9 cm³/mol. The van der Waals surface area contributed by atoms with Gasteiger partial charge in [-0.25, -0.2) is 4.98 Å². The number of nitrogens with one attached hydrogen (secondary N) is 3. The van der Waals surface area contributed by atoms with Crippen molar-refractivity contribution in [3.05, 3.63) is 29.1 Å². The molecule has 2 heterocycles. The molecule has 2 aromatic rings. The Hall–Kier alpha value is -2.41. The van der Waals surface area contributed by atoms with Gasteiger partial charge in [0.05, 0.1) is 5.69 Å². The molecule has 0 radical (unpaired) electrons. The van der Waals surface area contributed by atoms with Crippen LogP contribution < -0.4 is 16.2 Å². The van der Waals surface area contributed by atoms with E-state index in [1.54, 1.807) is 0 Å². The minimum atomic E-state index is -0.170. The van der Waals surface area contributed by atoms with Gasteiger partial charge < -0.3 is 5.32 Å². The zero-order valence-corrected chi connectivity index (χ0v) is 12.2. The summed E-state index contributed by atoms with van der Waals surface area (Å²) in [7, 11) is 0. The number of anilines is 2. The summed E-state index contributed by atoms with van der Waals surface area (Å²) in [6.07, 6.45) is 1.26. The molecule has 21 heavy (non-hydrogen) atoms. The van der Waals surface area contributed by atoms with Crippen molar-refractivity contribution in [2.45, 2.75) is 19.8 Å². The molecule has 3 rings (SSSR count). The zero-order chi connectivity index (χ0) is 14.8. The first-order valence-corrected chi connectivity index (χ1v) is 7.41. The second-order valence-electron chi connectivity index (χ2n) is 4.76. The first kappa shape index (κ1) is 13.6. The smallest absolute Gasteiger partial charge is 0.235 e. The van der Waals surface area contributed by atoms with Crippen LogP contribution in [-0.4, -0.2) is 16.8 Å². The van der Waals surface area contributed by atoms with E-state index in [1.165, 1.54) is 18.3 Å².